The minimum atomic E-state index is -0.207. The molecule has 0 spiro atoms. The van der Waals surface area contributed by atoms with Crippen LogP contribution in [0.5, 0.6) is 5.75 Å². The largest absolute Gasteiger partial charge is 0.494 e. The number of aromatic nitrogens is 1. The number of benzene rings is 2. The maximum atomic E-state index is 12.5. The fraction of sp³-hybridized carbons (Fsp3) is 0.174. The first kappa shape index (κ1) is 20.1. The van der Waals surface area contributed by atoms with E-state index in [2.05, 4.69) is 15.6 Å². The Hall–Kier alpha value is -3.67. The summed E-state index contributed by atoms with van der Waals surface area (Å²) in [6.45, 7) is 4.31. The molecule has 1 heterocycles. The van der Waals surface area contributed by atoms with Crippen molar-refractivity contribution in [3.05, 3.63) is 72.4 Å². The number of nitrogens with one attached hydrogen (secondary N) is 2. The maximum absolute atomic E-state index is 12.5. The summed E-state index contributed by atoms with van der Waals surface area (Å²) in [5.74, 6) is 0.475. The Bertz CT molecular complexity index is 983. The summed E-state index contributed by atoms with van der Waals surface area (Å²) in [6.07, 6.45) is 2.06. The summed E-state index contributed by atoms with van der Waals surface area (Å²) < 4.78 is 5.40. The number of carbonyl (C=O) groups excluding carboxylic acids is 2. The molecule has 0 fully saturated rings. The summed E-state index contributed by atoms with van der Waals surface area (Å²) in [4.78, 5) is 28.6. The van der Waals surface area contributed by atoms with Gasteiger partial charge in [0.2, 0.25) is 5.91 Å². The highest BCUT2D eigenvalue weighted by atomic mass is 16.5. The van der Waals surface area contributed by atoms with E-state index >= 15 is 0 Å². The van der Waals surface area contributed by atoms with Gasteiger partial charge in [0.25, 0.3) is 5.91 Å². The zero-order valence-corrected chi connectivity index (χ0v) is 16.4. The molecular weight excluding hydrogens is 366 g/mol. The Morgan fingerprint density at radius 1 is 0.931 bits per heavy atom. The first-order valence-electron chi connectivity index (χ1n) is 9.50. The van der Waals surface area contributed by atoms with E-state index in [0.29, 0.717) is 35.7 Å². The van der Waals surface area contributed by atoms with Crippen LogP contribution in [0.1, 0.15) is 30.6 Å². The quantitative estimate of drug-likeness (QED) is 0.611. The van der Waals surface area contributed by atoms with E-state index in [0.717, 1.165) is 11.3 Å². The average Bonchev–Trinajstić information content (AvgIpc) is 2.76. The van der Waals surface area contributed by atoms with Crippen LogP contribution in [-0.4, -0.2) is 23.4 Å². The Labute approximate surface area is 169 Å². The minimum Gasteiger partial charge on any atom is -0.494 e. The fourth-order valence-electron chi connectivity index (χ4n) is 2.76. The average molecular weight is 389 g/mol. The summed E-state index contributed by atoms with van der Waals surface area (Å²) in [5.41, 5.74) is 3.34. The maximum Gasteiger partial charge on any atom is 0.255 e. The van der Waals surface area contributed by atoms with Crippen LogP contribution in [0.25, 0.3) is 11.3 Å². The number of hydrogen-bond acceptors (Lipinski definition) is 4. The number of amides is 2. The van der Waals surface area contributed by atoms with Gasteiger partial charge in [-0.1, -0.05) is 19.1 Å². The van der Waals surface area contributed by atoms with Gasteiger partial charge >= 0.3 is 0 Å². The molecule has 2 N–H and O–H groups in total. The van der Waals surface area contributed by atoms with E-state index in [4.69, 9.17) is 4.74 Å². The first-order chi connectivity index (χ1) is 14.1. The summed E-state index contributed by atoms with van der Waals surface area (Å²) >= 11 is 0. The van der Waals surface area contributed by atoms with E-state index < -0.39 is 0 Å². The van der Waals surface area contributed by atoms with Gasteiger partial charge in [0.1, 0.15) is 5.75 Å². The molecule has 0 bridgehead atoms. The normalized spacial score (nSPS) is 10.3. The van der Waals surface area contributed by atoms with Gasteiger partial charge < -0.3 is 15.4 Å². The summed E-state index contributed by atoms with van der Waals surface area (Å²) in [6, 6.07) is 17.9. The second-order valence-corrected chi connectivity index (χ2v) is 6.29. The zero-order chi connectivity index (χ0) is 20.6. The monoisotopic (exact) mass is 389 g/mol. The highest BCUT2D eigenvalue weighted by Gasteiger charge is 2.11. The molecule has 29 heavy (non-hydrogen) atoms. The van der Waals surface area contributed by atoms with E-state index in [-0.39, 0.29) is 11.8 Å². The second kappa shape index (κ2) is 9.50. The lowest BCUT2D eigenvalue weighted by atomic mass is 10.1. The molecule has 148 valence electrons. The zero-order valence-electron chi connectivity index (χ0n) is 16.4. The highest BCUT2D eigenvalue weighted by Crippen LogP contribution is 2.26. The molecular formula is C23H23N3O3. The van der Waals surface area contributed by atoms with Gasteiger partial charge in [-0.2, -0.15) is 0 Å². The molecule has 0 aliphatic heterocycles. The van der Waals surface area contributed by atoms with E-state index in [1.54, 1.807) is 43.5 Å². The lowest BCUT2D eigenvalue weighted by molar-refractivity contribution is -0.115. The number of anilines is 2. The molecule has 3 rings (SSSR count). The van der Waals surface area contributed by atoms with Gasteiger partial charge in [0, 0.05) is 29.4 Å². The van der Waals surface area contributed by atoms with Gasteiger partial charge in [-0.25, -0.2) is 0 Å². The van der Waals surface area contributed by atoms with Crippen LogP contribution >= 0.6 is 0 Å². The van der Waals surface area contributed by atoms with Gasteiger partial charge in [-0.3, -0.25) is 14.6 Å². The van der Waals surface area contributed by atoms with E-state index in [1.807, 2.05) is 37.3 Å². The summed E-state index contributed by atoms with van der Waals surface area (Å²) in [5, 5.41) is 5.72. The molecule has 0 radical (unpaired) electrons. The van der Waals surface area contributed by atoms with Crippen molar-refractivity contribution in [2.45, 2.75) is 20.3 Å². The van der Waals surface area contributed by atoms with Crippen LogP contribution in [-0.2, 0) is 4.79 Å². The highest BCUT2D eigenvalue weighted by molar-refractivity contribution is 6.04. The number of hydrogen-bond donors (Lipinski definition) is 2. The van der Waals surface area contributed by atoms with Gasteiger partial charge in [0.15, 0.2) is 0 Å². The van der Waals surface area contributed by atoms with Crippen LogP contribution in [0.4, 0.5) is 11.4 Å². The van der Waals surface area contributed by atoms with E-state index in [9.17, 15) is 9.59 Å². The van der Waals surface area contributed by atoms with Crippen LogP contribution in [0.2, 0.25) is 0 Å². The molecule has 0 saturated carbocycles. The van der Waals surface area contributed by atoms with Crippen LogP contribution < -0.4 is 15.4 Å². The van der Waals surface area contributed by atoms with Crippen LogP contribution in [0.3, 0.4) is 0 Å². The molecule has 0 aliphatic rings. The predicted octanol–water partition coefficient (Wildman–Crippen LogP) is 4.75. The van der Waals surface area contributed by atoms with Crippen molar-refractivity contribution in [2.24, 2.45) is 0 Å². The van der Waals surface area contributed by atoms with Crippen LogP contribution in [0, 0.1) is 0 Å². The Morgan fingerprint density at radius 3 is 2.31 bits per heavy atom. The third kappa shape index (κ3) is 5.19. The van der Waals surface area contributed by atoms with E-state index in [1.165, 1.54) is 0 Å². The Kier molecular flexibility index (Phi) is 6.58. The fourth-order valence-corrected chi connectivity index (χ4v) is 2.76. The number of carbonyl (C=O) groups is 2. The number of pyridine rings is 1. The van der Waals surface area contributed by atoms with Crippen molar-refractivity contribution in [3.63, 3.8) is 0 Å². The lowest BCUT2D eigenvalue weighted by Crippen LogP contribution is -2.12. The molecule has 2 amide bonds. The van der Waals surface area contributed by atoms with Crippen LogP contribution in [0.15, 0.2) is 66.9 Å². The number of nitrogens with zero attached hydrogens (tertiary/aromatic N) is 1. The van der Waals surface area contributed by atoms with Crippen molar-refractivity contribution in [1.82, 2.24) is 4.98 Å². The molecule has 0 saturated heterocycles. The Morgan fingerprint density at radius 2 is 1.66 bits per heavy atom. The molecule has 3 aromatic rings. The molecule has 0 atom stereocenters. The second-order valence-electron chi connectivity index (χ2n) is 6.29. The van der Waals surface area contributed by atoms with Gasteiger partial charge in [-0.15, -0.1) is 0 Å². The standard InChI is InChI=1S/C23H23N3O3/c1-3-21(27)26-20-6-5-15-24-22(20)16-7-9-17(10-8-16)23(28)25-18-11-13-19(14-12-18)29-4-2/h5-15H,3-4H2,1-2H3,(H,25,28)(H,26,27). The van der Waals surface area contributed by atoms with Crippen molar-refractivity contribution in [3.8, 4) is 17.0 Å². The van der Waals surface area contributed by atoms with Crippen molar-refractivity contribution >= 4 is 23.2 Å². The number of rotatable bonds is 7. The lowest BCUT2D eigenvalue weighted by Gasteiger charge is -2.11. The molecule has 1 aromatic heterocycles. The molecule has 2 aromatic carbocycles. The third-order valence-electron chi connectivity index (χ3n) is 4.25. The number of ether oxygens (including phenoxy) is 1. The molecule has 6 nitrogen and oxygen atoms in total. The first-order valence-corrected chi connectivity index (χ1v) is 9.50. The Balaban J connectivity index is 1.73. The molecule has 6 heteroatoms. The predicted molar refractivity (Wildman–Crippen MR) is 114 cm³/mol. The van der Waals surface area contributed by atoms with Crippen molar-refractivity contribution in [2.75, 3.05) is 17.2 Å². The van der Waals surface area contributed by atoms with Gasteiger partial charge in [-0.05, 0) is 55.5 Å². The minimum absolute atomic E-state index is 0.0781. The topological polar surface area (TPSA) is 80.3 Å². The van der Waals surface area contributed by atoms with Gasteiger partial charge in [0.05, 0.1) is 18.0 Å². The smallest absolute Gasteiger partial charge is 0.255 e. The van der Waals surface area contributed by atoms with Crippen molar-refractivity contribution < 1.29 is 14.3 Å². The summed E-state index contributed by atoms with van der Waals surface area (Å²) in [7, 11) is 0. The van der Waals surface area contributed by atoms with Crippen molar-refractivity contribution in [1.29, 1.82) is 0 Å². The molecule has 0 aliphatic carbocycles. The third-order valence-corrected chi connectivity index (χ3v) is 4.25. The SMILES string of the molecule is CCOc1ccc(NC(=O)c2ccc(-c3ncccc3NC(=O)CC)cc2)cc1. The molecule has 0 unspecified atom stereocenters.